The van der Waals surface area contributed by atoms with Gasteiger partial charge in [0.05, 0.1) is 11.8 Å². The highest BCUT2D eigenvalue weighted by molar-refractivity contribution is 7.99. The molecule has 3 aromatic rings. The van der Waals surface area contributed by atoms with E-state index in [2.05, 4.69) is 25.8 Å². The van der Waals surface area contributed by atoms with Crippen molar-refractivity contribution in [2.45, 2.75) is 50.2 Å². The quantitative estimate of drug-likeness (QED) is 0.687. The molecule has 2 heterocycles. The summed E-state index contributed by atoms with van der Waals surface area (Å²) in [4.78, 5) is 16.8. The minimum absolute atomic E-state index is 0.112. The van der Waals surface area contributed by atoms with Gasteiger partial charge in [0.25, 0.3) is 0 Å². The van der Waals surface area contributed by atoms with E-state index in [1.807, 2.05) is 39.0 Å². The van der Waals surface area contributed by atoms with Gasteiger partial charge in [-0.1, -0.05) is 32.5 Å². The lowest BCUT2D eigenvalue weighted by atomic mass is 9.97. The summed E-state index contributed by atoms with van der Waals surface area (Å²) in [6, 6.07) is 5.86. The number of carbonyl (C=O) groups is 1. The largest absolute Gasteiger partial charge is 0.440 e. The van der Waals surface area contributed by atoms with Gasteiger partial charge in [-0.15, -0.1) is 5.10 Å². The predicted molar refractivity (Wildman–Crippen MR) is 98.2 cm³/mol. The lowest BCUT2D eigenvalue weighted by Gasteiger charge is -2.11. The van der Waals surface area contributed by atoms with Crippen LogP contribution in [0.2, 0.25) is 0 Å². The Morgan fingerprint density at radius 1 is 1.38 bits per heavy atom. The Labute approximate surface area is 154 Å². The lowest BCUT2D eigenvalue weighted by Crippen LogP contribution is -2.14. The monoisotopic (exact) mass is 372 g/mol. The lowest BCUT2D eigenvalue weighted by molar-refractivity contribution is -0.113. The molecule has 8 nitrogen and oxygen atoms in total. The van der Waals surface area contributed by atoms with Crippen molar-refractivity contribution in [3.8, 4) is 0 Å². The summed E-state index contributed by atoms with van der Waals surface area (Å²) in [5.41, 5.74) is 1.98. The third-order valence-electron chi connectivity index (χ3n) is 4.00. The minimum atomic E-state index is -0.162. The van der Waals surface area contributed by atoms with Crippen LogP contribution >= 0.6 is 11.8 Å². The van der Waals surface area contributed by atoms with Crippen LogP contribution in [-0.2, 0) is 10.2 Å². The number of aromatic nitrogens is 5. The van der Waals surface area contributed by atoms with E-state index in [1.54, 1.807) is 4.68 Å². The zero-order valence-electron chi connectivity index (χ0n) is 14.9. The highest BCUT2D eigenvalue weighted by Crippen LogP contribution is 2.36. The molecule has 0 spiro atoms. The molecular weight excluding hydrogens is 352 g/mol. The maximum atomic E-state index is 12.3. The zero-order valence-corrected chi connectivity index (χ0v) is 15.7. The maximum Gasteiger partial charge on any atom is 0.234 e. The molecule has 0 aliphatic heterocycles. The molecule has 1 aliphatic rings. The predicted octanol–water partition coefficient (Wildman–Crippen LogP) is 3.18. The summed E-state index contributed by atoms with van der Waals surface area (Å²) in [6.07, 6.45) is 2.19. The van der Waals surface area contributed by atoms with Crippen LogP contribution in [0.1, 0.15) is 45.5 Å². The molecular formula is C17H20N6O2S. The zero-order chi connectivity index (χ0) is 18.3. The summed E-state index contributed by atoms with van der Waals surface area (Å²) in [7, 11) is 0. The number of amides is 1. The van der Waals surface area contributed by atoms with Crippen LogP contribution in [0.4, 0.5) is 5.69 Å². The van der Waals surface area contributed by atoms with Crippen LogP contribution in [-0.4, -0.2) is 36.9 Å². The van der Waals surface area contributed by atoms with Gasteiger partial charge in [-0.2, -0.15) is 0 Å². The second-order valence-electron chi connectivity index (χ2n) is 7.43. The van der Waals surface area contributed by atoms with E-state index in [-0.39, 0.29) is 17.1 Å². The Morgan fingerprint density at radius 2 is 2.19 bits per heavy atom. The SMILES string of the molecule is CC(C)(C)c1nc2cc(NC(=O)CSc3nnnn3C3CC3)ccc2o1. The van der Waals surface area contributed by atoms with E-state index >= 15 is 0 Å². The normalized spacial score (nSPS) is 14.7. The van der Waals surface area contributed by atoms with Crippen molar-refractivity contribution in [1.29, 1.82) is 0 Å². The van der Waals surface area contributed by atoms with Crippen molar-refractivity contribution < 1.29 is 9.21 Å². The van der Waals surface area contributed by atoms with E-state index < -0.39 is 0 Å². The molecule has 136 valence electrons. The van der Waals surface area contributed by atoms with Crippen molar-refractivity contribution in [2.75, 3.05) is 11.1 Å². The molecule has 4 rings (SSSR count). The number of fused-ring (bicyclic) bond motifs is 1. The van der Waals surface area contributed by atoms with E-state index in [1.165, 1.54) is 11.8 Å². The first kappa shape index (κ1) is 17.0. The number of tetrazole rings is 1. The molecule has 1 aliphatic carbocycles. The number of hydrogen-bond donors (Lipinski definition) is 1. The van der Waals surface area contributed by atoms with E-state index in [4.69, 9.17) is 4.42 Å². The molecule has 0 saturated heterocycles. The number of thioether (sulfide) groups is 1. The molecule has 2 aromatic heterocycles. The molecule has 1 amide bonds. The molecule has 0 unspecified atom stereocenters. The summed E-state index contributed by atoms with van der Waals surface area (Å²) in [5.74, 6) is 0.815. The Kier molecular flexibility index (Phi) is 4.18. The third kappa shape index (κ3) is 3.57. The number of nitrogens with zero attached hydrogens (tertiary/aromatic N) is 5. The molecule has 0 atom stereocenters. The summed E-state index contributed by atoms with van der Waals surface area (Å²) >= 11 is 1.34. The van der Waals surface area contributed by atoms with Crippen LogP contribution in [0.25, 0.3) is 11.1 Å². The van der Waals surface area contributed by atoms with Gasteiger partial charge in [-0.3, -0.25) is 4.79 Å². The van der Waals surface area contributed by atoms with Gasteiger partial charge in [-0.05, 0) is 41.5 Å². The topological polar surface area (TPSA) is 98.7 Å². The average molecular weight is 372 g/mol. The average Bonchev–Trinajstić information content (AvgIpc) is 3.15. The van der Waals surface area contributed by atoms with Crippen LogP contribution in [0, 0.1) is 0 Å². The van der Waals surface area contributed by atoms with Gasteiger partial charge in [0, 0.05) is 11.1 Å². The number of oxazole rings is 1. The number of benzene rings is 1. The minimum Gasteiger partial charge on any atom is -0.440 e. The van der Waals surface area contributed by atoms with Crippen LogP contribution in [0.15, 0.2) is 27.8 Å². The molecule has 0 radical (unpaired) electrons. The Balaban J connectivity index is 1.41. The first-order valence-corrected chi connectivity index (χ1v) is 9.50. The van der Waals surface area contributed by atoms with E-state index in [0.29, 0.717) is 28.4 Å². The fourth-order valence-corrected chi connectivity index (χ4v) is 3.23. The van der Waals surface area contributed by atoms with Crippen molar-refractivity contribution in [3.63, 3.8) is 0 Å². The number of rotatable bonds is 5. The van der Waals surface area contributed by atoms with Gasteiger partial charge in [0.2, 0.25) is 17.0 Å². The van der Waals surface area contributed by atoms with Gasteiger partial charge < -0.3 is 9.73 Å². The molecule has 0 bridgehead atoms. The first-order chi connectivity index (χ1) is 12.4. The fraction of sp³-hybridized carbons (Fsp3) is 0.471. The Hall–Kier alpha value is -2.42. The molecule has 1 N–H and O–H groups in total. The van der Waals surface area contributed by atoms with Gasteiger partial charge in [-0.25, -0.2) is 9.67 Å². The van der Waals surface area contributed by atoms with Crippen LogP contribution < -0.4 is 5.32 Å². The number of hydrogen-bond acceptors (Lipinski definition) is 7. The molecule has 9 heteroatoms. The van der Waals surface area contributed by atoms with Crippen molar-refractivity contribution >= 4 is 34.5 Å². The molecule has 26 heavy (non-hydrogen) atoms. The number of carbonyl (C=O) groups excluding carboxylic acids is 1. The Bertz CT molecular complexity index is 954. The number of anilines is 1. The van der Waals surface area contributed by atoms with Gasteiger partial charge in [0.15, 0.2) is 5.58 Å². The smallest absolute Gasteiger partial charge is 0.234 e. The summed E-state index contributed by atoms with van der Waals surface area (Å²) in [5, 5.41) is 15.2. The number of nitrogens with one attached hydrogen (secondary N) is 1. The van der Waals surface area contributed by atoms with Crippen molar-refractivity contribution in [3.05, 3.63) is 24.1 Å². The summed E-state index contributed by atoms with van der Waals surface area (Å²) in [6.45, 7) is 6.15. The molecule has 1 fully saturated rings. The van der Waals surface area contributed by atoms with Gasteiger partial charge >= 0.3 is 0 Å². The van der Waals surface area contributed by atoms with E-state index in [9.17, 15) is 4.79 Å². The molecule has 1 aromatic carbocycles. The van der Waals surface area contributed by atoms with Crippen LogP contribution in [0.5, 0.6) is 0 Å². The first-order valence-electron chi connectivity index (χ1n) is 8.52. The second kappa shape index (κ2) is 6.39. The van der Waals surface area contributed by atoms with Gasteiger partial charge in [0.1, 0.15) is 5.52 Å². The van der Waals surface area contributed by atoms with Crippen LogP contribution in [0.3, 0.4) is 0 Å². The van der Waals surface area contributed by atoms with Crippen molar-refractivity contribution in [2.24, 2.45) is 0 Å². The summed E-state index contributed by atoms with van der Waals surface area (Å²) < 4.78 is 7.58. The maximum absolute atomic E-state index is 12.3. The standard InChI is InChI=1S/C17H20N6O2S/c1-17(2,3)15-19-12-8-10(4-7-13(12)25-15)18-14(24)9-26-16-20-21-22-23(16)11-5-6-11/h4,7-8,11H,5-6,9H2,1-3H3,(H,18,24). The fourth-order valence-electron chi connectivity index (χ4n) is 2.48. The molecule has 1 saturated carbocycles. The van der Waals surface area contributed by atoms with E-state index in [0.717, 1.165) is 18.4 Å². The third-order valence-corrected chi connectivity index (χ3v) is 4.93. The van der Waals surface area contributed by atoms with Crippen molar-refractivity contribution in [1.82, 2.24) is 25.2 Å². The highest BCUT2D eigenvalue weighted by atomic mass is 32.2. The second-order valence-corrected chi connectivity index (χ2v) is 8.37. The Morgan fingerprint density at radius 3 is 2.92 bits per heavy atom. The highest BCUT2D eigenvalue weighted by Gasteiger charge is 2.28.